The highest BCUT2D eigenvalue weighted by Gasteiger charge is 2.38. The van der Waals surface area contributed by atoms with Crippen molar-refractivity contribution in [2.45, 2.75) is 37.9 Å². The lowest BCUT2D eigenvalue weighted by Crippen LogP contribution is -2.40. The molecule has 1 aliphatic rings. The molecule has 0 saturated heterocycles. The van der Waals surface area contributed by atoms with Crippen LogP contribution in [-0.2, 0) is 12.6 Å². The lowest BCUT2D eigenvalue weighted by molar-refractivity contribution is -0.137. The Morgan fingerprint density at radius 1 is 1.29 bits per heavy atom. The van der Waals surface area contributed by atoms with Crippen LogP contribution < -0.4 is 5.73 Å². The Morgan fingerprint density at radius 3 is 2.47 bits per heavy atom. The van der Waals surface area contributed by atoms with Crippen molar-refractivity contribution in [2.24, 2.45) is 11.7 Å². The van der Waals surface area contributed by atoms with Crippen molar-refractivity contribution >= 4 is 0 Å². The van der Waals surface area contributed by atoms with Gasteiger partial charge in [0.15, 0.2) is 0 Å². The minimum absolute atomic E-state index is 0.385. The fourth-order valence-corrected chi connectivity index (χ4v) is 2.18. The monoisotopic (exact) mass is 243 g/mol. The number of benzene rings is 1. The summed E-state index contributed by atoms with van der Waals surface area (Å²) in [5.74, 6) is 0.456. The molecule has 2 rings (SSSR count). The molecule has 2 N–H and O–H groups in total. The molecule has 0 bridgehead atoms. The highest BCUT2D eigenvalue weighted by molar-refractivity contribution is 5.27. The topological polar surface area (TPSA) is 26.0 Å². The quantitative estimate of drug-likeness (QED) is 0.865. The molecule has 0 amide bonds. The van der Waals surface area contributed by atoms with Gasteiger partial charge in [0, 0.05) is 5.54 Å². The van der Waals surface area contributed by atoms with E-state index in [1.165, 1.54) is 12.1 Å². The predicted molar refractivity (Wildman–Crippen MR) is 60.5 cm³/mol. The first-order valence-corrected chi connectivity index (χ1v) is 5.74. The maximum atomic E-state index is 12.5. The Morgan fingerprint density at radius 2 is 1.94 bits per heavy atom. The number of rotatable bonds is 3. The van der Waals surface area contributed by atoms with Crippen LogP contribution in [0.4, 0.5) is 13.2 Å². The SMILES string of the molecule is CC(N)(Cc1cccc(C(F)(F)F)c1)C1CC1. The van der Waals surface area contributed by atoms with Crippen molar-refractivity contribution in [1.29, 1.82) is 0 Å². The van der Waals surface area contributed by atoms with Crippen molar-refractivity contribution in [2.75, 3.05) is 0 Å². The molecule has 1 saturated carbocycles. The molecule has 4 heteroatoms. The second-order valence-electron chi connectivity index (χ2n) is 5.16. The highest BCUT2D eigenvalue weighted by Crippen LogP contribution is 2.40. The lowest BCUT2D eigenvalue weighted by Gasteiger charge is -2.24. The molecule has 1 nitrogen and oxygen atoms in total. The van der Waals surface area contributed by atoms with E-state index in [-0.39, 0.29) is 5.54 Å². The van der Waals surface area contributed by atoms with Gasteiger partial charge in [0.25, 0.3) is 0 Å². The van der Waals surface area contributed by atoms with Gasteiger partial charge in [-0.1, -0.05) is 18.2 Å². The minimum Gasteiger partial charge on any atom is -0.325 e. The maximum Gasteiger partial charge on any atom is 0.416 e. The molecular weight excluding hydrogens is 227 g/mol. The Hall–Kier alpha value is -1.03. The van der Waals surface area contributed by atoms with E-state index in [9.17, 15) is 13.2 Å². The third-order valence-electron chi connectivity index (χ3n) is 3.35. The van der Waals surface area contributed by atoms with Crippen LogP contribution in [0, 0.1) is 5.92 Å². The van der Waals surface area contributed by atoms with Crippen LogP contribution in [0.3, 0.4) is 0 Å². The van der Waals surface area contributed by atoms with Gasteiger partial charge < -0.3 is 5.73 Å². The summed E-state index contributed by atoms with van der Waals surface area (Å²) in [7, 11) is 0. The van der Waals surface area contributed by atoms with Gasteiger partial charge >= 0.3 is 6.18 Å². The second kappa shape index (κ2) is 4.02. The normalized spacial score (nSPS) is 20.1. The maximum absolute atomic E-state index is 12.5. The fraction of sp³-hybridized carbons (Fsp3) is 0.538. The van der Waals surface area contributed by atoms with Crippen LogP contribution in [0.15, 0.2) is 24.3 Å². The molecule has 94 valence electrons. The number of halogens is 3. The number of hydrogen-bond acceptors (Lipinski definition) is 1. The standard InChI is InChI=1S/C13H16F3N/c1-12(17,10-5-6-10)8-9-3-2-4-11(7-9)13(14,15)16/h2-4,7,10H,5-6,8,17H2,1H3. The zero-order valence-electron chi connectivity index (χ0n) is 9.72. The minimum atomic E-state index is -4.28. The molecule has 1 atom stereocenters. The van der Waals surface area contributed by atoms with Crippen LogP contribution in [0.1, 0.15) is 30.9 Å². The van der Waals surface area contributed by atoms with E-state index >= 15 is 0 Å². The molecule has 0 aromatic heterocycles. The fourth-order valence-electron chi connectivity index (χ4n) is 2.18. The molecule has 1 aliphatic carbocycles. The number of hydrogen-bond donors (Lipinski definition) is 1. The van der Waals surface area contributed by atoms with E-state index in [0.29, 0.717) is 17.9 Å². The third kappa shape index (κ3) is 3.00. The summed E-state index contributed by atoms with van der Waals surface area (Å²) in [6.07, 6.45) is -1.60. The van der Waals surface area contributed by atoms with Crippen LogP contribution in [0.25, 0.3) is 0 Å². The van der Waals surface area contributed by atoms with Gasteiger partial charge in [-0.05, 0) is 43.7 Å². The summed E-state index contributed by atoms with van der Waals surface area (Å²) < 4.78 is 37.6. The van der Waals surface area contributed by atoms with Gasteiger partial charge in [0.1, 0.15) is 0 Å². The predicted octanol–water partition coefficient (Wildman–Crippen LogP) is 3.38. The van der Waals surface area contributed by atoms with Gasteiger partial charge in [-0.25, -0.2) is 0 Å². The molecular formula is C13H16F3N. The summed E-state index contributed by atoms with van der Waals surface area (Å²) in [5, 5.41) is 0. The highest BCUT2D eigenvalue weighted by atomic mass is 19.4. The van der Waals surface area contributed by atoms with Gasteiger partial charge in [0.2, 0.25) is 0 Å². The first-order chi connectivity index (χ1) is 7.79. The van der Waals surface area contributed by atoms with Crippen molar-refractivity contribution in [1.82, 2.24) is 0 Å². The molecule has 1 aromatic carbocycles. The van der Waals surface area contributed by atoms with E-state index in [4.69, 9.17) is 5.73 Å². The van der Waals surface area contributed by atoms with Gasteiger partial charge in [-0.2, -0.15) is 13.2 Å². The average Bonchev–Trinajstić information content (AvgIpc) is 2.99. The van der Waals surface area contributed by atoms with Crippen molar-refractivity contribution in [3.63, 3.8) is 0 Å². The van der Waals surface area contributed by atoms with Gasteiger partial charge in [-0.15, -0.1) is 0 Å². The van der Waals surface area contributed by atoms with E-state index < -0.39 is 11.7 Å². The first kappa shape index (κ1) is 12.4. The molecule has 17 heavy (non-hydrogen) atoms. The molecule has 1 fully saturated rings. The van der Waals surface area contributed by atoms with E-state index in [2.05, 4.69) is 0 Å². The Bertz CT molecular complexity index is 405. The number of alkyl halides is 3. The van der Waals surface area contributed by atoms with Gasteiger partial charge in [0.05, 0.1) is 5.56 Å². The third-order valence-corrected chi connectivity index (χ3v) is 3.35. The van der Waals surface area contributed by atoms with Crippen LogP contribution >= 0.6 is 0 Å². The molecule has 0 spiro atoms. The van der Waals surface area contributed by atoms with Crippen LogP contribution in [-0.4, -0.2) is 5.54 Å². The zero-order valence-corrected chi connectivity index (χ0v) is 9.72. The van der Waals surface area contributed by atoms with Crippen molar-refractivity contribution in [3.05, 3.63) is 35.4 Å². The summed E-state index contributed by atoms with van der Waals surface area (Å²) in [5.41, 5.74) is 5.82. The summed E-state index contributed by atoms with van der Waals surface area (Å²) in [4.78, 5) is 0. The molecule has 1 unspecified atom stereocenters. The Labute approximate surface area is 98.8 Å². The largest absolute Gasteiger partial charge is 0.416 e. The molecule has 0 aliphatic heterocycles. The Kier molecular flexibility index (Phi) is 2.94. The summed E-state index contributed by atoms with van der Waals surface area (Å²) in [6.45, 7) is 1.92. The molecule has 1 aromatic rings. The summed E-state index contributed by atoms with van der Waals surface area (Å²) >= 11 is 0. The van der Waals surface area contributed by atoms with E-state index in [1.54, 1.807) is 6.07 Å². The van der Waals surface area contributed by atoms with E-state index in [1.807, 2.05) is 6.92 Å². The van der Waals surface area contributed by atoms with Gasteiger partial charge in [-0.3, -0.25) is 0 Å². The zero-order chi connectivity index (χ0) is 12.7. The van der Waals surface area contributed by atoms with Crippen molar-refractivity contribution in [3.8, 4) is 0 Å². The average molecular weight is 243 g/mol. The van der Waals surface area contributed by atoms with E-state index in [0.717, 1.165) is 18.9 Å². The first-order valence-electron chi connectivity index (χ1n) is 5.74. The smallest absolute Gasteiger partial charge is 0.325 e. The van der Waals surface area contributed by atoms with Crippen LogP contribution in [0.2, 0.25) is 0 Å². The Balaban J connectivity index is 2.16. The second-order valence-corrected chi connectivity index (χ2v) is 5.16. The summed E-state index contributed by atoms with van der Waals surface area (Å²) in [6, 6.07) is 5.45. The molecule has 0 radical (unpaired) electrons. The van der Waals surface area contributed by atoms with Crippen LogP contribution in [0.5, 0.6) is 0 Å². The van der Waals surface area contributed by atoms with Crippen molar-refractivity contribution < 1.29 is 13.2 Å². The molecule has 0 heterocycles. The number of nitrogens with two attached hydrogens (primary N) is 1. The lowest BCUT2D eigenvalue weighted by atomic mass is 9.88.